The summed E-state index contributed by atoms with van der Waals surface area (Å²) in [6.45, 7) is -0.767. The summed E-state index contributed by atoms with van der Waals surface area (Å²) < 4.78 is 0. The van der Waals surface area contributed by atoms with Crippen molar-refractivity contribution < 1.29 is 30.3 Å². The molecule has 0 radical (unpaired) electrons. The van der Waals surface area contributed by atoms with E-state index in [1.165, 1.54) is 0 Å². The molecule has 0 saturated carbocycles. The molecule has 0 saturated heterocycles. The Balaban J connectivity index is 3.93. The van der Waals surface area contributed by atoms with Crippen molar-refractivity contribution in [2.24, 2.45) is 5.92 Å². The predicted molar refractivity (Wildman–Crippen MR) is 55.8 cm³/mol. The molecular weight excluding hydrogens is 216 g/mol. The molecule has 0 aromatic carbocycles. The maximum Gasteiger partial charge on any atom is 0.306 e. The van der Waals surface area contributed by atoms with Crippen LogP contribution in [0.4, 0.5) is 0 Å². The van der Waals surface area contributed by atoms with E-state index in [9.17, 15) is 4.79 Å². The van der Waals surface area contributed by atoms with Gasteiger partial charge in [-0.25, -0.2) is 0 Å². The second-order valence-corrected chi connectivity index (χ2v) is 3.86. The minimum atomic E-state index is -0.990. The minimum Gasteiger partial charge on any atom is -0.481 e. The molecule has 2 atom stereocenters. The molecule has 0 rings (SSSR count). The number of carboxylic acids is 1. The molecule has 0 fully saturated rings. The van der Waals surface area contributed by atoms with Crippen LogP contribution >= 0.6 is 0 Å². The van der Waals surface area contributed by atoms with E-state index in [1.807, 2.05) is 0 Å². The molecule has 0 amide bonds. The fourth-order valence-electron chi connectivity index (χ4n) is 1.36. The zero-order valence-electron chi connectivity index (χ0n) is 9.12. The Kier molecular flexibility index (Phi) is 8.10. The summed E-state index contributed by atoms with van der Waals surface area (Å²) in [5, 5.41) is 44.2. The van der Waals surface area contributed by atoms with Gasteiger partial charge in [0, 0.05) is 0 Å². The fraction of sp³-hybridized carbons (Fsp3) is 0.900. The number of hydrogen-bond acceptors (Lipinski definition) is 5. The molecule has 0 bridgehead atoms. The van der Waals surface area contributed by atoms with Gasteiger partial charge < -0.3 is 25.5 Å². The molecule has 0 aliphatic carbocycles. The third kappa shape index (κ3) is 6.73. The lowest BCUT2D eigenvalue weighted by molar-refractivity contribution is -0.142. The quantitative estimate of drug-likeness (QED) is 0.349. The summed E-state index contributed by atoms with van der Waals surface area (Å²) >= 11 is 0. The number of aliphatic hydroxyl groups is 4. The van der Waals surface area contributed by atoms with Gasteiger partial charge in [0.05, 0.1) is 31.3 Å². The highest BCUT2D eigenvalue weighted by Gasteiger charge is 2.19. The molecule has 0 aliphatic heterocycles. The number of carboxylic acid groups (broad SMARTS) is 1. The number of rotatable bonds is 9. The van der Waals surface area contributed by atoms with Gasteiger partial charge in [-0.2, -0.15) is 0 Å². The normalized spacial score (nSPS) is 16.8. The standard InChI is InChI=1S/C10H20O6/c11-5-8(13)3-1-7(10(15)16)2-4-9(14)6-12/h7-9,11-14H,1-6H2,(H,15,16). The molecule has 2 unspecified atom stereocenters. The molecule has 16 heavy (non-hydrogen) atoms. The second kappa shape index (κ2) is 8.46. The van der Waals surface area contributed by atoms with Gasteiger partial charge >= 0.3 is 5.97 Å². The number of aliphatic hydroxyl groups excluding tert-OH is 4. The van der Waals surface area contributed by atoms with E-state index in [2.05, 4.69) is 0 Å². The van der Waals surface area contributed by atoms with Crippen molar-refractivity contribution in [3.05, 3.63) is 0 Å². The van der Waals surface area contributed by atoms with Crippen molar-refractivity contribution in [2.75, 3.05) is 13.2 Å². The molecule has 0 aromatic heterocycles. The Morgan fingerprint density at radius 3 is 1.50 bits per heavy atom. The van der Waals surface area contributed by atoms with Crippen molar-refractivity contribution in [3.8, 4) is 0 Å². The molecular formula is C10H20O6. The van der Waals surface area contributed by atoms with E-state index in [4.69, 9.17) is 25.5 Å². The van der Waals surface area contributed by atoms with Crippen molar-refractivity contribution in [3.63, 3.8) is 0 Å². The van der Waals surface area contributed by atoms with Gasteiger partial charge in [0.15, 0.2) is 0 Å². The number of hydrogen-bond donors (Lipinski definition) is 5. The zero-order valence-corrected chi connectivity index (χ0v) is 9.12. The highest BCUT2D eigenvalue weighted by atomic mass is 16.4. The lowest BCUT2D eigenvalue weighted by atomic mass is 9.95. The molecule has 96 valence electrons. The Morgan fingerprint density at radius 2 is 1.25 bits per heavy atom. The van der Waals surface area contributed by atoms with Gasteiger partial charge in [-0.3, -0.25) is 4.79 Å². The van der Waals surface area contributed by atoms with Crippen LogP contribution in [0.5, 0.6) is 0 Å². The van der Waals surface area contributed by atoms with Gasteiger partial charge in [0.2, 0.25) is 0 Å². The molecule has 0 aliphatic rings. The van der Waals surface area contributed by atoms with Gasteiger partial charge in [-0.05, 0) is 25.7 Å². The first kappa shape index (κ1) is 15.3. The van der Waals surface area contributed by atoms with E-state index in [1.54, 1.807) is 0 Å². The SMILES string of the molecule is O=C(O)C(CCC(O)CO)CCC(O)CO. The van der Waals surface area contributed by atoms with Crippen LogP contribution in [0, 0.1) is 5.92 Å². The lowest BCUT2D eigenvalue weighted by Crippen LogP contribution is -2.21. The summed E-state index contributed by atoms with van der Waals surface area (Å²) in [7, 11) is 0. The topological polar surface area (TPSA) is 118 Å². The highest BCUT2D eigenvalue weighted by Crippen LogP contribution is 2.16. The van der Waals surface area contributed by atoms with E-state index in [0.717, 1.165) is 0 Å². The van der Waals surface area contributed by atoms with Crippen LogP contribution in [0.15, 0.2) is 0 Å². The maximum absolute atomic E-state index is 10.8. The number of aliphatic carboxylic acids is 1. The van der Waals surface area contributed by atoms with E-state index >= 15 is 0 Å². The second-order valence-electron chi connectivity index (χ2n) is 3.86. The molecule has 0 aromatic rings. The number of carbonyl (C=O) groups is 1. The van der Waals surface area contributed by atoms with Crippen LogP contribution in [0.2, 0.25) is 0 Å². The zero-order chi connectivity index (χ0) is 12.6. The minimum absolute atomic E-state index is 0.211. The summed E-state index contributed by atoms with van der Waals surface area (Å²) in [5.41, 5.74) is 0. The van der Waals surface area contributed by atoms with Crippen LogP contribution < -0.4 is 0 Å². The molecule has 0 spiro atoms. The summed E-state index contributed by atoms with van der Waals surface area (Å²) in [5.74, 6) is -1.65. The molecule has 6 heteroatoms. The monoisotopic (exact) mass is 236 g/mol. The van der Waals surface area contributed by atoms with Crippen LogP contribution in [0.3, 0.4) is 0 Å². The molecule has 6 nitrogen and oxygen atoms in total. The average Bonchev–Trinajstić information content (AvgIpc) is 2.27. The van der Waals surface area contributed by atoms with Crippen LogP contribution in [-0.4, -0.2) is 56.9 Å². The van der Waals surface area contributed by atoms with Crippen molar-refractivity contribution in [2.45, 2.75) is 37.9 Å². The smallest absolute Gasteiger partial charge is 0.306 e. The first-order valence-electron chi connectivity index (χ1n) is 5.31. The van der Waals surface area contributed by atoms with E-state index < -0.39 is 24.1 Å². The van der Waals surface area contributed by atoms with Gasteiger partial charge in [0.25, 0.3) is 0 Å². The van der Waals surface area contributed by atoms with Gasteiger partial charge in [0.1, 0.15) is 0 Å². The van der Waals surface area contributed by atoms with E-state index in [0.29, 0.717) is 0 Å². The third-order valence-corrected chi connectivity index (χ3v) is 2.47. The fourth-order valence-corrected chi connectivity index (χ4v) is 1.36. The largest absolute Gasteiger partial charge is 0.481 e. The van der Waals surface area contributed by atoms with Crippen molar-refractivity contribution in [1.29, 1.82) is 0 Å². The first-order chi connectivity index (χ1) is 7.51. The van der Waals surface area contributed by atoms with Gasteiger partial charge in [-0.15, -0.1) is 0 Å². The third-order valence-electron chi connectivity index (χ3n) is 2.47. The maximum atomic E-state index is 10.8. The summed E-state index contributed by atoms with van der Waals surface area (Å²) in [6, 6.07) is 0. The average molecular weight is 236 g/mol. The predicted octanol–water partition coefficient (Wildman–Crippen LogP) is -1.05. The van der Waals surface area contributed by atoms with Gasteiger partial charge in [-0.1, -0.05) is 0 Å². The first-order valence-corrected chi connectivity index (χ1v) is 5.31. The Morgan fingerprint density at radius 1 is 0.875 bits per heavy atom. The summed E-state index contributed by atoms with van der Waals surface area (Å²) in [6.07, 6.45) is -0.885. The van der Waals surface area contributed by atoms with Crippen LogP contribution in [0.1, 0.15) is 25.7 Å². The Hall–Kier alpha value is -0.690. The van der Waals surface area contributed by atoms with Crippen LogP contribution in [0.25, 0.3) is 0 Å². The van der Waals surface area contributed by atoms with Crippen molar-refractivity contribution >= 4 is 5.97 Å². The van der Waals surface area contributed by atoms with Crippen molar-refractivity contribution in [1.82, 2.24) is 0 Å². The highest BCUT2D eigenvalue weighted by molar-refractivity contribution is 5.69. The Labute approximate surface area is 94.2 Å². The van der Waals surface area contributed by atoms with E-state index in [-0.39, 0.29) is 38.9 Å². The van der Waals surface area contributed by atoms with Crippen LogP contribution in [-0.2, 0) is 4.79 Å². The summed E-state index contributed by atoms with van der Waals surface area (Å²) in [4.78, 5) is 10.8. The molecule has 0 heterocycles. The lowest BCUT2D eigenvalue weighted by Gasteiger charge is -2.15. The Bertz CT molecular complexity index is 182. The molecule has 5 N–H and O–H groups in total.